The molecule has 0 heterocycles. The molecule has 0 saturated carbocycles. The molecule has 150 valence electrons. The third kappa shape index (κ3) is 23.9. The summed E-state index contributed by atoms with van der Waals surface area (Å²) in [7, 11) is 0. The van der Waals surface area contributed by atoms with E-state index in [4.69, 9.17) is 10.5 Å². The molecule has 0 aromatic rings. The summed E-state index contributed by atoms with van der Waals surface area (Å²) < 4.78 is 9.42. The average Bonchev–Trinajstić information content (AvgIpc) is 2.62. The first kappa shape index (κ1) is 28.4. The molecule has 1 unspecified atom stereocenters. The highest BCUT2D eigenvalue weighted by atomic mass is 16.5. The van der Waals surface area contributed by atoms with Crippen LogP contribution in [-0.4, -0.2) is 31.1 Å². The van der Waals surface area contributed by atoms with Crippen LogP contribution >= 0.6 is 0 Å². The summed E-state index contributed by atoms with van der Waals surface area (Å²) in [5.41, 5.74) is 5.09. The van der Waals surface area contributed by atoms with Crippen LogP contribution in [0.5, 0.6) is 0 Å². The van der Waals surface area contributed by atoms with Gasteiger partial charge in [-0.15, -0.1) is 0 Å². The van der Waals surface area contributed by atoms with Crippen LogP contribution in [0.4, 0.5) is 0 Å². The SMILES string of the molecule is C=C(C)C(N)=O.C=CC(=O)OCC.C=CC(=O)OCC(CC)CCCC. The number of rotatable bonds is 10. The van der Waals surface area contributed by atoms with E-state index in [-0.39, 0.29) is 11.9 Å². The second-order valence-corrected chi connectivity index (χ2v) is 5.35. The molecule has 0 spiro atoms. The lowest BCUT2D eigenvalue weighted by Gasteiger charge is -2.13. The van der Waals surface area contributed by atoms with Gasteiger partial charge in [-0.1, -0.05) is 52.8 Å². The average molecular weight is 370 g/mol. The zero-order valence-electron chi connectivity index (χ0n) is 16.7. The number of hydrogen-bond donors (Lipinski definition) is 1. The summed E-state index contributed by atoms with van der Waals surface area (Å²) in [6.07, 6.45) is 6.99. The largest absolute Gasteiger partial charge is 0.463 e. The molecule has 2 N–H and O–H groups in total. The lowest BCUT2D eigenvalue weighted by atomic mass is 10.0. The van der Waals surface area contributed by atoms with Gasteiger partial charge in [0.05, 0.1) is 13.2 Å². The molecule has 0 saturated heterocycles. The van der Waals surface area contributed by atoms with Crippen LogP contribution in [0, 0.1) is 5.92 Å². The lowest BCUT2D eigenvalue weighted by Crippen LogP contribution is -2.12. The highest BCUT2D eigenvalue weighted by molar-refractivity contribution is 5.90. The molecule has 6 heteroatoms. The molecule has 0 radical (unpaired) electrons. The Balaban J connectivity index is -0.000000342. The second-order valence-electron chi connectivity index (χ2n) is 5.35. The second kappa shape index (κ2) is 20.7. The molecule has 6 nitrogen and oxygen atoms in total. The Hall–Kier alpha value is -2.37. The van der Waals surface area contributed by atoms with Gasteiger partial charge >= 0.3 is 11.9 Å². The van der Waals surface area contributed by atoms with E-state index < -0.39 is 5.91 Å². The van der Waals surface area contributed by atoms with Gasteiger partial charge in [0, 0.05) is 17.7 Å². The first-order valence-electron chi connectivity index (χ1n) is 8.73. The smallest absolute Gasteiger partial charge is 0.330 e. The monoisotopic (exact) mass is 369 g/mol. The number of esters is 2. The van der Waals surface area contributed by atoms with Crippen molar-refractivity contribution in [1.82, 2.24) is 0 Å². The van der Waals surface area contributed by atoms with Gasteiger partial charge in [-0.25, -0.2) is 9.59 Å². The van der Waals surface area contributed by atoms with Crippen molar-refractivity contribution in [3.05, 3.63) is 37.5 Å². The Labute approximate surface area is 158 Å². The Morgan fingerprint density at radius 1 is 1.04 bits per heavy atom. The van der Waals surface area contributed by atoms with E-state index in [9.17, 15) is 14.4 Å². The van der Waals surface area contributed by atoms with Gasteiger partial charge < -0.3 is 15.2 Å². The van der Waals surface area contributed by atoms with Gasteiger partial charge in [0.25, 0.3) is 0 Å². The molecule has 26 heavy (non-hydrogen) atoms. The van der Waals surface area contributed by atoms with Crippen molar-refractivity contribution >= 4 is 17.8 Å². The number of unbranched alkanes of at least 4 members (excludes halogenated alkanes) is 1. The zero-order chi connectivity index (χ0) is 21.0. The summed E-state index contributed by atoms with van der Waals surface area (Å²) in [6.45, 7) is 18.4. The third-order valence-electron chi connectivity index (χ3n) is 3.05. The minimum atomic E-state index is -0.435. The van der Waals surface area contributed by atoms with Crippen LogP contribution in [-0.2, 0) is 23.9 Å². The molecular weight excluding hydrogens is 334 g/mol. The van der Waals surface area contributed by atoms with E-state index in [0.29, 0.717) is 24.7 Å². The van der Waals surface area contributed by atoms with E-state index in [1.807, 2.05) is 0 Å². The van der Waals surface area contributed by atoms with Crippen molar-refractivity contribution in [2.45, 2.75) is 53.4 Å². The van der Waals surface area contributed by atoms with Gasteiger partial charge in [0.15, 0.2) is 0 Å². The lowest BCUT2D eigenvalue weighted by molar-refractivity contribution is -0.139. The van der Waals surface area contributed by atoms with Crippen LogP contribution in [0.2, 0.25) is 0 Å². The Morgan fingerprint density at radius 2 is 1.50 bits per heavy atom. The van der Waals surface area contributed by atoms with Gasteiger partial charge in [-0.2, -0.15) is 0 Å². The van der Waals surface area contributed by atoms with Crippen molar-refractivity contribution in [3.8, 4) is 0 Å². The minimum absolute atomic E-state index is 0.310. The van der Waals surface area contributed by atoms with E-state index in [1.165, 1.54) is 18.9 Å². The first-order valence-corrected chi connectivity index (χ1v) is 8.73. The van der Waals surface area contributed by atoms with Crippen LogP contribution in [0.3, 0.4) is 0 Å². The summed E-state index contributed by atoms with van der Waals surface area (Å²) in [5, 5.41) is 0. The molecule has 0 bridgehead atoms. The third-order valence-corrected chi connectivity index (χ3v) is 3.05. The van der Waals surface area contributed by atoms with Crippen LogP contribution < -0.4 is 5.73 Å². The molecule has 0 fully saturated rings. The van der Waals surface area contributed by atoms with E-state index in [2.05, 4.69) is 38.3 Å². The number of ether oxygens (including phenoxy) is 2. The number of amides is 1. The molecule has 1 amide bonds. The molecule has 1 atom stereocenters. The van der Waals surface area contributed by atoms with E-state index in [1.54, 1.807) is 13.8 Å². The maximum absolute atomic E-state index is 10.8. The summed E-state index contributed by atoms with van der Waals surface area (Å²) in [4.78, 5) is 30.7. The van der Waals surface area contributed by atoms with Crippen molar-refractivity contribution < 1.29 is 23.9 Å². The fraction of sp³-hybridized carbons (Fsp3) is 0.550. The van der Waals surface area contributed by atoms with Crippen LogP contribution in [0.1, 0.15) is 53.4 Å². The topological polar surface area (TPSA) is 95.7 Å². The Bertz CT molecular complexity index is 431. The molecule has 0 aromatic heterocycles. The molecule has 0 aliphatic carbocycles. The number of primary amides is 1. The van der Waals surface area contributed by atoms with Crippen molar-refractivity contribution in [2.75, 3.05) is 13.2 Å². The van der Waals surface area contributed by atoms with Crippen molar-refractivity contribution in [2.24, 2.45) is 11.7 Å². The predicted octanol–water partition coefficient (Wildman–Crippen LogP) is 3.72. The zero-order valence-corrected chi connectivity index (χ0v) is 16.7. The summed E-state index contributed by atoms with van der Waals surface area (Å²) in [5.74, 6) is -0.587. The predicted molar refractivity (Wildman–Crippen MR) is 105 cm³/mol. The number of nitrogens with two attached hydrogens (primary N) is 1. The highest BCUT2D eigenvalue weighted by Gasteiger charge is 2.07. The number of carbonyl (C=O) groups is 3. The van der Waals surface area contributed by atoms with Crippen LogP contribution in [0.15, 0.2) is 37.5 Å². The van der Waals surface area contributed by atoms with Crippen LogP contribution in [0.25, 0.3) is 0 Å². The normalized spacial score (nSPS) is 9.85. The van der Waals surface area contributed by atoms with Gasteiger partial charge in [-0.3, -0.25) is 4.79 Å². The number of hydrogen-bond acceptors (Lipinski definition) is 5. The standard InChI is InChI=1S/C11H20O2.C5H8O2.C4H7NO/c1-4-7-8-10(5-2)9-13-11(12)6-3;1-3-5(6)7-4-2;1-3(2)4(5)6/h6,10H,3-5,7-9H2,1-2H3;3H,1,4H2,2H3;1H2,2H3,(H2,5,6). The Kier molecular flexibility index (Phi) is 22.6. The summed E-state index contributed by atoms with van der Waals surface area (Å²) in [6, 6.07) is 0. The van der Waals surface area contributed by atoms with Gasteiger partial charge in [0.2, 0.25) is 5.91 Å². The fourth-order valence-corrected chi connectivity index (χ4v) is 1.36. The molecule has 0 rings (SSSR count). The van der Waals surface area contributed by atoms with E-state index >= 15 is 0 Å². The van der Waals surface area contributed by atoms with Gasteiger partial charge in [0.1, 0.15) is 0 Å². The van der Waals surface area contributed by atoms with E-state index in [0.717, 1.165) is 18.9 Å². The molecule has 0 aliphatic rings. The quantitative estimate of drug-likeness (QED) is 0.468. The highest BCUT2D eigenvalue weighted by Crippen LogP contribution is 2.12. The summed E-state index contributed by atoms with van der Waals surface area (Å²) >= 11 is 0. The van der Waals surface area contributed by atoms with Crippen molar-refractivity contribution in [3.63, 3.8) is 0 Å². The first-order chi connectivity index (χ1) is 12.2. The fourth-order valence-electron chi connectivity index (χ4n) is 1.36. The van der Waals surface area contributed by atoms with Gasteiger partial charge in [-0.05, 0) is 26.2 Å². The Morgan fingerprint density at radius 3 is 1.77 bits per heavy atom. The maximum Gasteiger partial charge on any atom is 0.330 e. The van der Waals surface area contributed by atoms with Crippen molar-refractivity contribution in [1.29, 1.82) is 0 Å². The molecule has 0 aliphatic heterocycles. The minimum Gasteiger partial charge on any atom is -0.463 e. The molecule has 0 aromatic carbocycles. The number of carbonyl (C=O) groups excluding carboxylic acids is 3. The molecular formula is C20H35NO5. The maximum atomic E-state index is 10.8.